The molecule has 0 unspecified atom stereocenters. The van der Waals surface area contributed by atoms with Gasteiger partial charge in [0.15, 0.2) is 0 Å². The third-order valence-electron chi connectivity index (χ3n) is 4.75. The molecule has 4 nitrogen and oxygen atoms in total. The van der Waals surface area contributed by atoms with Crippen molar-refractivity contribution in [3.8, 4) is 0 Å². The molecule has 1 fully saturated rings. The van der Waals surface area contributed by atoms with Crippen LogP contribution in [0.5, 0.6) is 0 Å². The molecular weight excluding hydrogens is 420 g/mol. The van der Waals surface area contributed by atoms with Crippen LogP contribution in [0.2, 0.25) is 0 Å². The molecule has 2 aromatic carbocycles. The first-order valence-electron chi connectivity index (χ1n) is 9.29. The fourth-order valence-corrected chi connectivity index (χ4v) is 4.42. The van der Waals surface area contributed by atoms with Crippen LogP contribution in [-0.4, -0.2) is 28.5 Å². The molecule has 0 aromatic heterocycles. The third kappa shape index (κ3) is 5.33. The Bertz CT molecular complexity index is 901. The smallest absolute Gasteiger partial charge is 0.352 e. The predicted octanol–water partition coefficient (Wildman–Crippen LogP) is 4.51. The van der Waals surface area contributed by atoms with Gasteiger partial charge in [-0.2, -0.15) is 13.2 Å². The average Bonchev–Trinajstić information content (AvgIpc) is 2.99. The average molecular weight is 440 g/mol. The van der Waals surface area contributed by atoms with E-state index < -0.39 is 17.1 Å². The second-order valence-corrected chi connectivity index (χ2v) is 8.36. The summed E-state index contributed by atoms with van der Waals surface area (Å²) in [5.41, 5.74) is 0.576. The molecule has 160 valence electrons. The zero-order valence-electron chi connectivity index (χ0n) is 16.1. The van der Waals surface area contributed by atoms with Crippen molar-refractivity contribution in [2.45, 2.75) is 36.7 Å². The first-order valence-corrected chi connectivity index (χ1v) is 10.2. The van der Waals surface area contributed by atoms with Gasteiger partial charge in [0.2, 0.25) is 11.8 Å². The van der Waals surface area contributed by atoms with Crippen molar-refractivity contribution < 1.29 is 27.2 Å². The van der Waals surface area contributed by atoms with Crippen molar-refractivity contribution in [3.05, 3.63) is 71.0 Å². The SMILES string of the molecule is C[C@@H]1S[C@H](c2ccc(C(F)(F)F)cc2)N(CCC(=O)NCc2ccc(F)cc2)C1=O. The van der Waals surface area contributed by atoms with Crippen LogP contribution in [0, 0.1) is 5.82 Å². The van der Waals surface area contributed by atoms with E-state index in [4.69, 9.17) is 0 Å². The van der Waals surface area contributed by atoms with E-state index in [0.29, 0.717) is 5.56 Å². The number of carbonyl (C=O) groups is 2. The topological polar surface area (TPSA) is 49.4 Å². The number of benzene rings is 2. The Balaban J connectivity index is 1.60. The summed E-state index contributed by atoms with van der Waals surface area (Å²) in [5.74, 6) is -0.794. The Morgan fingerprint density at radius 1 is 1.10 bits per heavy atom. The lowest BCUT2D eigenvalue weighted by Crippen LogP contribution is -2.34. The minimum absolute atomic E-state index is 0.0529. The maximum atomic E-state index is 12.9. The summed E-state index contributed by atoms with van der Waals surface area (Å²) in [6.45, 7) is 2.12. The number of hydrogen-bond acceptors (Lipinski definition) is 3. The number of halogens is 4. The van der Waals surface area contributed by atoms with E-state index in [9.17, 15) is 27.2 Å². The van der Waals surface area contributed by atoms with Gasteiger partial charge < -0.3 is 10.2 Å². The number of amides is 2. The van der Waals surface area contributed by atoms with E-state index >= 15 is 0 Å². The molecule has 0 bridgehead atoms. The van der Waals surface area contributed by atoms with Crippen molar-refractivity contribution in [1.82, 2.24) is 10.2 Å². The lowest BCUT2D eigenvalue weighted by Gasteiger charge is -2.24. The Morgan fingerprint density at radius 2 is 1.73 bits per heavy atom. The minimum Gasteiger partial charge on any atom is -0.352 e. The highest BCUT2D eigenvalue weighted by Crippen LogP contribution is 2.43. The Hall–Kier alpha value is -2.55. The molecule has 2 atom stereocenters. The fraction of sp³-hybridized carbons (Fsp3) is 0.333. The lowest BCUT2D eigenvalue weighted by molar-refractivity contribution is -0.137. The van der Waals surface area contributed by atoms with Gasteiger partial charge in [0.1, 0.15) is 11.2 Å². The number of hydrogen-bond donors (Lipinski definition) is 1. The molecule has 0 saturated carbocycles. The van der Waals surface area contributed by atoms with Crippen LogP contribution in [0.15, 0.2) is 48.5 Å². The van der Waals surface area contributed by atoms with Crippen molar-refractivity contribution in [2.75, 3.05) is 6.54 Å². The molecule has 30 heavy (non-hydrogen) atoms. The van der Waals surface area contributed by atoms with E-state index in [1.165, 1.54) is 40.9 Å². The highest BCUT2D eigenvalue weighted by atomic mass is 32.2. The second kappa shape index (κ2) is 9.07. The molecule has 2 aromatic rings. The number of nitrogens with one attached hydrogen (secondary N) is 1. The summed E-state index contributed by atoms with van der Waals surface area (Å²) in [6, 6.07) is 10.5. The number of carbonyl (C=O) groups excluding carboxylic acids is 2. The first kappa shape index (κ1) is 22.1. The highest BCUT2D eigenvalue weighted by molar-refractivity contribution is 8.01. The molecule has 1 aliphatic heterocycles. The third-order valence-corrected chi connectivity index (χ3v) is 6.15. The van der Waals surface area contributed by atoms with Crippen molar-refractivity contribution >= 4 is 23.6 Å². The van der Waals surface area contributed by atoms with E-state index in [1.807, 2.05) is 0 Å². The second-order valence-electron chi connectivity index (χ2n) is 6.94. The summed E-state index contributed by atoms with van der Waals surface area (Å²) in [7, 11) is 0. The van der Waals surface area contributed by atoms with Gasteiger partial charge in [-0.1, -0.05) is 24.3 Å². The van der Waals surface area contributed by atoms with Gasteiger partial charge in [-0.05, 0) is 42.3 Å². The van der Waals surface area contributed by atoms with Crippen molar-refractivity contribution in [2.24, 2.45) is 0 Å². The quantitative estimate of drug-likeness (QED) is 0.673. The minimum atomic E-state index is -4.42. The summed E-state index contributed by atoms with van der Waals surface area (Å²) in [4.78, 5) is 26.2. The Morgan fingerprint density at radius 3 is 2.33 bits per heavy atom. The normalized spacial score (nSPS) is 19.2. The standard InChI is InChI=1S/C21H20F4N2O2S/c1-13-19(29)27(11-10-18(28)26-12-14-2-8-17(22)9-3-14)20(30-13)15-4-6-16(7-5-15)21(23,24)25/h2-9,13,20H,10-12H2,1H3,(H,26,28)/t13-,20+/m0/s1. The molecule has 0 radical (unpaired) electrons. The molecule has 3 rings (SSSR count). The first-order chi connectivity index (χ1) is 14.1. The van der Waals surface area contributed by atoms with Crippen molar-refractivity contribution in [1.29, 1.82) is 0 Å². The summed E-state index contributed by atoms with van der Waals surface area (Å²) in [6.07, 6.45) is -4.37. The summed E-state index contributed by atoms with van der Waals surface area (Å²) >= 11 is 1.34. The highest BCUT2D eigenvalue weighted by Gasteiger charge is 2.39. The van der Waals surface area contributed by atoms with Crippen LogP contribution >= 0.6 is 11.8 Å². The maximum Gasteiger partial charge on any atom is 0.416 e. The molecular formula is C21H20F4N2O2S. The van der Waals surface area contributed by atoms with Gasteiger partial charge in [0.25, 0.3) is 0 Å². The van der Waals surface area contributed by atoms with Gasteiger partial charge in [-0.15, -0.1) is 11.8 Å². The number of nitrogens with zero attached hydrogens (tertiary/aromatic N) is 1. The van der Waals surface area contributed by atoms with Crippen LogP contribution in [0.3, 0.4) is 0 Å². The lowest BCUT2D eigenvalue weighted by atomic mass is 10.1. The van der Waals surface area contributed by atoms with Crippen LogP contribution < -0.4 is 5.32 Å². The molecule has 0 spiro atoms. The van der Waals surface area contributed by atoms with E-state index in [1.54, 1.807) is 19.1 Å². The van der Waals surface area contributed by atoms with E-state index in [2.05, 4.69) is 5.32 Å². The van der Waals surface area contributed by atoms with E-state index in [-0.39, 0.29) is 42.4 Å². The molecule has 1 N–H and O–H groups in total. The molecule has 9 heteroatoms. The van der Waals surface area contributed by atoms with Gasteiger partial charge in [0.05, 0.1) is 10.8 Å². The van der Waals surface area contributed by atoms with Gasteiger partial charge in [-0.25, -0.2) is 4.39 Å². The zero-order chi connectivity index (χ0) is 21.9. The number of rotatable bonds is 6. The Kier molecular flexibility index (Phi) is 6.70. The van der Waals surface area contributed by atoms with Crippen molar-refractivity contribution in [3.63, 3.8) is 0 Å². The van der Waals surface area contributed by atoms with Gasteiger partial charge >= 0.3 is 6.18 Å². The van der Waals surface area contributed by atoms with E-state index in [0.717, 1.165) is 17.7 Å². The van der Waals surface area contributed by atoms with Gasteiger partial charge in [0, 0.05) is 19.5 Å². The number of thioether (sulfide) groups is 1. The maximum absolute atomic E-state index is 12.9. The summed E-state index contributed by atoms with van der Waals surface area (Å²) < 4.78 is 51.3. The molecule has 2 amide bonds. The Labute approximate surface area is 175 Å². The fourth-order valence-electron chi connectivity index (χ4n) is 3.11. The van der Waals surface area contributed by atoms with Crippen LogP contribution in [0.1, 0.15) is 35.4 Å². The molecule has 1 heterocycles. The van der Waals surface area contributed by atoms with Crippen LogP contribution in [0.4, 0.5) is 17.6 Å². The monoisotopic (exact) mass is 440 g/mol. The molecule has 1 saturated heterocycles. The zero-order valence-corrected chi connectivity index (χ0v) is 16.9. The largest absolute Gasteiger partial charge is 0.416 e. The van der Waals surface area contributed by atoms with Gasteiger partial charge in [-0.3, -0.25) is 9.59 Å². The molecule has 1 aliphatic rings. The summed E-state index contributed by atoms with van der Waals surface area (Å²) in [5, 5.41) is 1.92. The molecule has 0 aliphatic carbocycles. The van der Waals surface area contributed by atoms with Crippen LogP contribution in [0.25, 0.3) is 0 Å². The predicted molar refractivity (Wildman–Crippen MR) is 106 cm³/mol. The van der Waals surface area contributed by atoms with Crippen LogP contribution in [-0.2, 0) is 22.3 Å². The number of alkyl halides is 3.